The molecule has 2 N–H and O–H groups in total. The van der Waals surface area contributed by atoms with E-state index in [1.54, 1.807) is 30.3 Å². The molecule has 1 aliphatic carbocycles. The number of hydrogen-bond acceptors (Lipinski definition) is 2. The average Bonchev–Trinajstić information content (AvgIpc) is 2.68. The van der Waals surface area contributed by atoms with Gasteiger partial charge in [0.1, 0.15) is 0 Å². The summed E-state index contributed by atoms with van der Waals surface area (Å²) in [6.45, 7) is 0. The van der Waals surface area contributed by atoms with E-state index in [-0.39, 0.29) is 0 Å². The van der Waals surface area contributed by atoms with Crippen molar-refractivity contribution in [3.05, 3.63) is 66.4 Å². The van der Waals surface area contributed by atoms with Crippen LogP contribution in [0.5, 0.6) is 0 Å². The highest BCUT2D eigenvalue weighted by Gasteiger charge is 2.14. The fourth-order valence-electron chi connectivity index (χ4n) is 1.57. The van der Waals surface area contributed by atoms with Crippen molar-refractivity contribution in [3.8, 4) is 0 Å². The first-order valence-electron chi connectivity index (χ1n) is 5.96. The second kappa shape index (κ2) is 6.35. The molecule has 0 heterocycles. The lowest BCUT2D eigenvalue weighted by Crippen LogP contribution is -2.34. The monoisotopic (exact) mass is 254 g/mol. The van der Waals surface area contributed by atoms with E-state index in [0.29, 0.717) is 11.4 Å². The molecule has 96 valence electrons. The van der Waals surface area contributed by atoms with Gasteiger partial charge >= 0.3 is 11.8 Å². The quantitative estimate of drug-likeness (QED) is 0.794. The van der Waals surface area contributed by atoms with E-state index >= 15 is 0 Å². The highest BCUT2D eigenvalue weighted by molar-refractivity contribution is 6.40. The Morgan fingerprint density at radius 1 is 0.947 bits per heavy atom. The number of hydrogen-bond donors (Lipinski definition) is 2. The van der Waals surface area contributed by atoms with Crippen molar-refractivity contribution in [3.63, 3.8) is 0 Å². The summed E-state index contributed by atoms with van der Waals surface area (Å²) in [4.78, 5) is 23.4. The van der Waals surface area contributed by atoms with E-state index in [1.807, 2.05) is 30.4 Å². The molecule has 1 aromatic carbocycles. The van der Waals surface area contributed by atoms with E-state index in [2.05, 4.69) is 10.6 Å². The molecule has 0 aliphatic heterocycles. The maximum Gasteiger partial charge on any atom is 0.314 e. The second-order valence-electron chi connectivity index (χ2n) is 3.96. The van der Waals surface area contributed by atoms with Crippen molar-refractivity contribution in [1.29, 1.82) is 0 Å². The Bertz CT molecular complexity index is 557. The van der Waals surface area contributed by atoms with Gasteiger partial charge in [0.15, 0.2) is 0 Å². The van der Waals surface area contributed by atoms with E-state index in [4.69, 9.17) is 0 Å². The number of carbonyl (C=O) groups excluding carboxylic acids is 2. The van der Waals surface area contributed by atoms with Gasteiger partial charge in [-0.2, -0.15) is 0 Å². The lowest BCUT2D eigenvalue weighted by Gasteiger charge is -2.06. The number of carbonyl (C=O) groups is 2. The van der Waals surface area contributed by atoms with E-state index < -0.39 is 11.8 Å². The largest absolute Gasteiger partial charge is 0.318 e. The smallest absolute Gasteiger partial charge is 0.314 e. The fraction of sp³-hybridized carbons (Fsp3) is 0.0667. The summed E-state index contributed by atoms with van der Waals surface area (Å²) in [5.74, 6) is -1.36. The molecule has 0 saturated heterocycles. The summed E-state index contributed by atoms with van der Waals surface area (Å²) in [5.41, 5.74) is 1.22. The topological polar surface area (TPSA) is 58.2 Å². The van der Waals surface area contributed by atoms with Gasteiger partial charge in [-0.25, -0.2) is 0 Å². The summed E-state index contributed by atoms with van der Waals surface area (Å²) in [6.07, 6.45) is 9.97. The molecular formula is C15H14N2O2. The van der Waals surface area contributed by atoms with Crippen LogP contribution in [0.25, 0.3) is 0 Å². The Hall–Kier alpha value is -2.62. The minimum Gasteiger partial charge on any atom is -0.318 e. The molecule has 0 radical (unpaired) electrons. The molecule has 4 nitrogen and oxygen atoms in total. The average molecular weight is 254 g/mol. The van der Waals surface area contributed by atoms with Crippen LogP contribution in [-0.4, -0.2) is 11.8 Å². The standard InChI is InChI=1S/C15H14N2O2/c18-14(16-12-8-4-1-2-5-9-12)15(19)17-13-10-6-3-7-11-13/h1-4,6-11H,5H2,(H,16,18)(H,17,19). The highest BCUT2D eigenvalue weighted by atomic mass is 16.2. The maximum atomic E-state index is 11.7. The molecule has 0 aromatic heterocycles. The molecule has 0 fully saturated rings. The maximum absolute atomic E-state index is 11.7. The molecule has 0 bridgehead atoms. The van der Waals surface area contributed by atoms with Crippen molar-refractivity contribution in [2.24, 2.45) is 0 Å². The van der Waals surface area contributed by atoms with Gasteiger partial charge in [-0.1, -0.05) is 42.5 Å². The van der Waals surface area contributed by atoms with Crippen LogP contribution >= 0.6 is 0 Å². The summed E-state index contributed by atoms with van der Waals surface area (Å²) in [7, 11) is 0. The van der Waals surface area contributed by atoms with E-state index in [0.717, 1.165) is 6.42 Å². The third-order valence-corrected chi connectivity index (χ3v) is 2.49. The Labute approximate surface area is 111 Å². The number of anilines is 1. The van der Waals surface area contributed by atoms with Crippen LogP contribution in [0, 0.1) is 0 Å². The summed E-state index contributed by atoms with van der Waals surface area (Å²) >= 11 is 0. The van der Waals surface area contributed by atoms with Gasteiger partial charge in [0.05, 0.1) is 0 Å². The molecule has 0 saturated carbocycles. The summed E-state index contributed by atoms with van der Waals surface area (Å²) in [5, 5.41) is 5.09. The zero-order chi connectivity index (χ0) is 13.5. The van der Waals surface area contributed by atoms with Crippen LogP contribution in [0.3, 0.4) is 0 Å². The molecule has 19 heavy (non-hydrogen) atoms. The number of benzene rings is 1. The predicted octanol–water partition coefficient (Wildman–Crippen LogP) is 2.14. The number of amides is 2. The van der Waals surface area contributed by atoms with Crippen molar-refractivity contribution in [2.45, 2.75) is 6.42 Å². The zero-order valence-corrected chi connectivity index (χ0v) is 10.3. The Morgan fingerprint density at radius 3 is 2.47 bits per heavy atom. The molecule has 0 unspecified atom stereocenters. The minimum atomic E-state index is -0.683. The van der Waals surface area contributed by atoms with Crippen LogP contribution in [-0.2, 0) is 9.59 Å². The van der Waals surface area contributed by atoms with Crippen molar-refractivity contribution in [2.75, 3.05) is 5.32 Å². The van der Waals surface area contributed by atoms with Gasteiger partial charge in [0.25, 0.3) is 0 Å². The van der Waals surface area contributed by atoms with Crippen LogP contribution < -0.4 is 10.6 Å². The molecule has 0 spiro atoms. The van der Waals surface area contributed by atoms with Crippen molar-refractivity contribution >= 4 is 17.5 Å². The normalized spacial score (nSPS) is 13.4. The Balaban J connectivity index is 1.93. The molecule has 1 aliphatic rings. The van der Waals surface area contributed by atoms with Gasteiger partial charge < -0.3 is 10.6 Å². The Morgan fingerprint density at radius 2 is 1.68 bits per heavy atom. The predicted molar refractivity (Wildman–Crippen MR) is 74.2 cm³/mol. The van der Waals surface area contributed by atoms with Crippen LogP contribution in [0.2, 0.25) is 0 Å². The molecular weight excluding hydrogens is 240 g/mol. The summed E-state index contributed by atoms with van der Waals surface area (Å²) < 4.78 is 0. The van der Waals surface area contributed by atoms with Gasteiger partial charge in [-0.15, -0.1) is 0 Å². The van der Waals surface area contributed by atoms with Crippen molar-refractivity contribution in [1.82, 2.24) is 5.32 Å². The highest BCUT2D eigenvalue weighted by Crippen LogP contribution is 2.05. The molecule has 4 heteroatoms. The van der Waals surface area contributed by atoms with E-state index in [9.17, 15) is 9.59 Å². The van der Waals surface area contributed by atoms with Crippen LogP contribution in [0.4, 0.5) is 5.69 Å². The molecule has 2 rings (SSSR count). The first-order valence-corrected chi connectivity index (χ1v) is 5.96. The first-order chi connectivity index (χ1) is 9.25. The van der Waals surface area contributed by atoms with Gasteiger partial charge in [0.2, 0.25) is 0 Å². The number of allylic oxidation sites excluding steroid dienone is 5. The summed E-state index contributed by atoms with van der Waals surface area (Å²) in [6, 6.07) is 8.86. The van der Waals surface area contributed by atoms with Crippen molar-refractivity contribution < 1.29 is 9.59 Å². The molecule has 2 amide bonds. The van der Waals surface area contributed by atoms with Gasteiger partial charge in [-0.3, -0.25) is 9.59 Å². The number of para-hydroxylation sites is 1. The third kappa shape index (κ3) is 3.96. The Kier molecular flexibility index (Phi) is 4.29. The van der Waals surface area contributed by atoms with Gasteiger partial charge in [0, 0.05) is 11.4 Å². The molecule has 1 aromatic rings. The number of nitrogens with one attached hydrogen (secondary N) is 2. The zero-order valence-electron chi connectivity index (χ0n) is 10.3. The first kappa shape index (κ1) is 12.8. The second-order valence-corrected chi connectivity index (χ2v) is 3.96. The fourth-order valence-corrected chi connectivity index (χ4v) is 1.57. The van der Waals surface area contributed by atoms with E-state index in [1.165, 1.54) is 0 Å². The lowest BCUT2D eigenvalue weighted by molar-refractivity contribution is -0.135. The SMILES string of the molecule is O=C(NC1=CCC=CC=C1)C(=O)Nc1ccccc1. The molecule has 0 atom stereocenters. The lowest BCUT2D eigenvalue weighted by atomic mass is 10.3. The number of rotatable bonds is 2. The minimum absolute atomic E-state index is 0.592. The van der Waals surface area contributed by atoms with Crippen LogP contribution in [0.15, 0.2) is 66.4 Å². The van der Waals surface area contributed by atoms with Crippen LogP contribution in [0.1, 0.15) is 6.42 Å². The van der Waals surface area contributed by atoms with Gasteiger partial charge in [-0.05, 0) is 24.6 Å². The third-order valence-electron chi connectivity index (χ3n) is 2.49.